The van der Waals surface area contributed by atoms with E-state index in [1.807, 2.05) is 0 Å². The molecule has 0 fully saturated rings. The van der Waals surface area contributed by atoms with E-state index >= 15 is 0 Å². The van der Waals surface area contributed by atoms with Gasteiger partial charge in [-0.15, -0.1) is 0 Å². The summed E-state index contributed by atoms with van der Waals surface area (Å²) >= 11 is 6.06. The minimum atomic E-state index is -4.82. The third-order valence-electron chi connectivity index (χ3n) is 3.86. The average Bonchev–Trinajstić information content (AvgIpc) is 3.12. The van der Waals surface area contributed by atoms with Crippen LogP contribution in [0.3, 0.4) is 0 Å². The Morgan fingerprint density at radius 1 is 1.21 bits per heavy atom. The Kier molecular flexibility index (Phi) is 5.61. The molecule has 0 bridgehead atoms. The van der Waals surface area contributed by atoms with E-state index in [0.717, 1.165) is 12.1 Å². The van der Waals surface area contributed by atoms with Crippen LogP contribution < -0.4 is 20.1 Å². The maximum atomic E-state index is 12.8. The van der Waals surface area contributed by atoms with Crippen LogP contribution in [0.1, 0.15) is 17.3 Å². The molecule has 1 aliphatic rings. The minimum Gasteiger partial charge on any atom is -0.454 e. The van der Waals surface area contributed by atoms with Gasteiger partial charge < -0.3 is 20.1 Å². The molecular formula is C17H15ClF2N2O5S. The van der Waals surface area contributed by atoms with Crippen LogP contribution in [0.2, 0.25) is 5.02 Å². The fourth-order valence-electron chi connectivity index (χ4n) is 2.54. The maximum Gasteiger partial charge on any atom is 0.341 e. The van der Waals surface area contributed by atoms with Gasteiger partial charge in [-0.25, -0.2) is 8.42 Å². The van der Waals surface area contributed by atoms with E-state index < -0.39 is 26.4 Å². The summed E-state index contributed by atoms with van der Waals surface area (Å²) in [6.45, 7) is 2.21. The van der Waals surface area contributed by atoms with Gasteiger partial charge in [0, 0.05) is 12.1 Å². The molecule has 0 saturated carbocycles. The molecule has 0 atom stereocenters. The molecule has 11 heteroatoms. The highest BCUT2D eigenvalue weighted by Gasteiger charge is 2.28. The third-order valence-corrected chi connectivity index (χ3v) is 5.52. The van der Waals surface area contributed by atoms with E-state index in [2.05, 4.69) is 10.6 Å². The normalized spacial score (nSPS) is 12.9. The lowest BCUT2D eigenvalue weighted by atomic mass is 10.1. The zero-order valence-electron chi connectivity index (χ0n) is 14.5. The first-order valence-corrected chi connectivity index (χ1v) is 9.97. The molecule has 2 aromatic rings. The van der Waals surface area contributed by atoms with Crippen molar-refractivity contribution in [1.82, 2.24) is 0 Å². The molecule has 2 N–H and O–H groups in total. The van der Waals surface area contributed by atoms with E-state index in [1.165, 1.54) is 18.2 Å². The number of alkyl halides is 2. The van der Waals surface area contributed by atoms with Crippen molar-refractivity contribution in [3.05, 3.63) is 40.9 Å². The number of anilines is 2. The van der Waals surface area contributed by atoms with Gasteiger partial charge in [-0.1, -0.05) is 11.6 Å². The van der Waals surface area contributed by atoms with Gasteiger partial charge >= 0.3 is 5.76 Å². The van der Waals surface area contributed by atoms with Crippen LogP contribution in [0.25, 0.3) is 0 Å². The summed E-state index contributed by atoms with van der Waals surface area (Å²) in [4.78, 5) is 12.0. The SMILES string of the molecule is CCNc1ccc(S(=O)(=O)C(F)F)cc1NC(=O)c1cc(Cl)c2c(c1)OCO2. The fraction of sp³-hybridized carbons (Fsp3) is 0.235. The number of ether oxygens (including phenoxy) is 2. The fourth-order valence-corrected chi connectivity index (χ4v) is 3.55. The van der Waals surface area contributed by atoms with Gasteiger partial charge in [-0.05, 0) is 37.3 Å². The van der Waals surface area contributed by atoms with Gasteiger partial charge in [0.15, 0.2) is 11.5 Å². The highest BCUT2D eigenvalue weighted by molar-refractivity contribution is 7.91. The predicted molar refractivity (Wildman–Crippen MR) is 99.3 cm³/mol. The summed E-state index contributed by atoms with van der Waals surface area (Å²) in [5.41, 5.74) is 0.525. The van der Waals surface area contributed by atoms with E-state index in [0.29, 0.717) is 23.7 Å². The van der Waals surface area contributed by atoms with E-state index in [9.17, 15) is 22.0 Å². The summed E-state index contributed by atoms with van der Waals surface area (Å²) < 4.78 is 59.6. The van der Waals surface area contributed by atoms with Crippen molar-refractivity contribution in [3.8, 4) is 11.5 Å². The van der Waals surface area contributed by atoms with Crippen molar-refractivity contribution in [1.29, 1.82) is 0 Å². The quantitative estimate of drug-likeness (QED) is 0.722. The summed E-state index contributed by atoms with van der Waals surface area (Å²) in [6, 6.07) is 6.10. The molecule has 0 saturated heterocycles. The Hall–Kier alpha value is -2.59. The molecule has 1 heterocycles. The van der Waals surface area contributed by atoms with Gasteiger partial charge in [-0.3, -0.25) is 4.79 Å². The third kappa shape index (κ3) is 3.83. The number of rotatable bonds is 6. The number of sulfone groups is 1. The zero-order chi connectivity index (χ0) is 20.5. The second-order valence-electron chi connectivity index (χ2n) is 5.69. The molecular weight excluding hydrogens is 418 g/mol. The van der Waals surface area contributed by atoms with Crippen LogP contribution in [0, 0.1) is 0 Å². The van der Waals surface area contributed by atoms with Crippen LogP contribution >= 0.6 is 11.6 Å². The van der Waals surface area contributed by atoms with Crippen molar-refractivity contribution >= 4 is 38.7 Å². The van der Waals surface area contributed by atoms with E-state index in [4.69, 9.17) is 21.1 Å². The van der Waals surface area contributed by atoms with Crippen molar-refractivity contribution in [2.24, 2.45) is 0 Å². The standard InChI is InChI=1S/C17H15ClF2N2O5S/c1-2-21-12-4-3-10(28(24,25)17(19)20)7-13(12)22-16(23)9-5-11(18)15-14(6-9)26-8-27-15/h3-7,17,21H,2,8H2,1H3,(H,22,23). The summed E-state index contributed by atoms with van der Waals surface area (Å²) in [6.07, 6.45) is 0. The van der Waals surface area contributed by atoms with E-state index in [1.54, 1.807) is 6.92 Å². The van der Waals surface area contributed by atoms with Crippen LogP contribution in [-0.2, 0) is 9.84 Å². The molecule has 0 aliphatic carbocycles. The van der Waals surface area contributed by atoms with Crippen LogP contribution in [0.5, 0.6) is 11.5 Å². The van der Waals surface area contributed by atoms with Crippen molar-refractivity contribution in [3.63, 3.8) is 0 Å². The van der Waals surface area contributed by atoms with Crippen LogP contribution in [-0.4, -0.2) is 33.4 Å². The first-order valence-electron chi connectivity index (χ1n) is 8.04. The number of carbonyl (C=O) groups excluding carboxylic acids is 1. The highest BCUT2D eigenvalue weighted by Crippen LogP contribution is 2.40. The Bertz CT molecular complexity index is 1030. The summed E-state index contributed by atoms with van der Waals surface area (Å²) in [5.74, 6) is -3.60. The Balaban J connectivity index is 1.96. The molecule has 7 nitrogen and oxygen atoms in total. The smallest absolute Gasteiger partial charge is 0.341 e. The van der Waals surface area contributed by atoms with Gasteiger partial charge in [0.25, 0.3) is 5.91 Å². The largest absolute Gasteiger partial charge is 0.454 e. The van der Waals surface area contributed by atoms with Crippen molar-refractivity contribution < 1.29 is 31.5 Å². The monoisotopic (exact) mass is 432 g/mol. The zero-order valence-corrected chi connectivity index (χ0v) is 16.0. The van der Waals surface area contributed by atoms with Crippen LogP contribution in [0.15, 0.2) is 35.2 Å². The molecule has 0 radical (unpaired) electrons. The first-order chi connectivity index (χ1) is 13.2. The van der Waals surface area contributed by atoms with E-state index in [-0.39, 0.29) is 23.1 Å². The van der Waals surface area contributed by atoms with Crippen molar-refractivity contribution in [2.75, 3.05) is 24.0 Å². The number of benzene rings is 2. The molecule has 2 aromatic carbocycles. The summed E-state index contributed by atoms with van der Waals surface area (Å²) in [7, 11) is -4.82. The van der Waals surface area contributed by atoms with Gasteiger partial charge in [0.05, 0.1) is 21.3 Å². The Labute approximate surface area is 164 Å². The molecule has 0 unspecified atom stereocenters. The second kappa shape index (κ2) is 7.80. The number of halogens is 3. The molecule has 3 rings (SSSR count). The second-order valence-corrected chi connectivity index (χ2v) is 8.01. The summed E-state index contributed by atoms with van der Waals surface area (Å²) in [5, 5.41) is 5.61. The lowest BCUT2D eigenvalue weighted by Gasteiger charge is -2.14. The lowest BCUT2D eigenvalue weighted by Crippen LogP contribution is -2.16. The Morgan fingerprint density at radius 2 is 1.96 bits per heavy atom. The highest BCUT2D eigenvalue weighted by atomic mass is 35.5. The van der Waals surface area contributed by atoms with Crippen molar-refractivity contribution in [2.45, 2.75) is 17.6 Å². The topological polar surface area (TPSA) is 93.7 Å². The number of hydrogen-bond donors (Lipinski definition) is 2. The number of amides is 1. The van der Waals surface area contributed by atoms with Gasteiger partial charge in [-0.2, -0.15) is 8.78 Å². The van der Waals surface area contributed by atoms with Gasteiger partial charge in [0.2, 0.25) is 16.6 Å². The predicted octanol–water partition coefficient (Wildman–Crippen LogP) is 3.75. The molecule has 1 amide bonds. The minimum absolute atomic E-state index is 0.0295. The number of fused-ring (bicyclic) bond motifs is 1. The maximum absolute atomic E-state index is 12.8. The number of nitrogens with one attached hydrogen (secondary N) is 2. The molecule has 150 valence electrons. The molecule has 0 aromatic heterocycles. The van der Waals surface area contributed by atoms with Crippen LogP contribution in [0.4, 0.5) is 20.2 Å². The molecule has 0 spiro atoms. The lowest BCUT2D eigenvalue weighted by molar-refractivity contribution is 0.102. The van der Waals surface area contributed by atoms with Gasteiger partial charge in [0.1, 0.15) is 0 Å². The number of hydrogen-bond acceptors (Lipinski definition) is 6. The average molecular weight is 433 g/mol. The molecule has 28 heavy (non-hydrogen) atoms. The molecule has 1 aliphatic heterocycles. The number of carbonyl (C=O) groups is 1. The first kappa shape index (κ1) is 20.2. The Morgan fingerprint density at radius 3 is 2.64 bits per heavy atom.